The van der Waals surface area contributed by atoms with Crippen LogP contribution in [-0.2, 0) is 6.54 Å². The maximum absolute atomic E-state index is 5.74. The van der Waals surface area contributed by atoms with E-state index in [1.807, 2.05) is 0 Å². The van der Waals surface area contributed by atoms with Crippen molar-refractivity contribution in [1.29, 1.82) is 0 Å². The lowest BCUT2D eigenvalue weighted by Crippen LogP contribution is -2.27. The number of aryl methyl sites for hydroxylation is 1. The molecule has 1 aromatic rings. The number of rotatable bonds is 6. The smallest absolute Gasteiger partial charge is 0.0351 e. The molecule has 0 radical (unpaired) electrons. The molecule has 0 N–H and O–H groups in total. The Morgan fingerprint density at radius 1 is 1.00 bits per heavy atom. The molecule has 1 nitrogen and oxygen atoms in total. The highest BCUT2D eigenvalue weighted by atomic mass is 35.5. The van der Waals surface area contributed by atoms with Crippen LogP contribution in [0.4, 0.5) is 0 Å². The van der Waals surface area contributed by atoms with Gasteiger partial charge in [-0.15, -0.1) is 23.2 Å². The predicted octanol–water partition coefficient (Wildman–Crippen LogP) is 3.27. The average molecular weight is 246 g/mol. The van der Waals surface area contributed by atoms with Gasteiger partial charge in [0, 0.05) is 31.4 Å². The highest BCUT2D eigenvalue weighted by molar-refractivity contribution is 6.18. The van der Waals surface area contributed by atoms with Crippen molar-refractivity contribution in [3.63, 3.8) is 0 Å². The molecule has 0 spiro atoms. The zero-order valence-electron chi connectivity index (χ0n) is 9.05. The molecule has 1 rings (SSSR count). The van der Waals surface area contributed by atoms with Crippen LogP contribution in [0.15, 0.2) is 24.3 Å². The molecule has 0 aliphatic rings. The highest BCUT2D eigenvalue weighted by Crippen LogP contribution is 2.07. The molecule has 15 heavy (non-hydrogen) atoms. The standard InChI is InChI=1S/C12H17Cl2N/c1-11-2-4-12(5-3-11)10-15(8-6-13)9-7-14/h2-5H,6-10H2,1H3. The Morgan fingerprint density at radius 3 is 2.00 bits per heavy atom. The second kappa shape index (κ2) is 7.10. The lowest BCUT2D eigenvalue weighted by molar-refractivity contribution is 0.299. The van der Waals surface area contributed by atoms with Crippen molar-refractivity contribution in [1.82, 2.24) is 4.90 Å². The summed E-state index contributed by atoms with van der Waals surface area (Å²) in [6.07, 6.45) is 0. The van der Waals surface area contributed by atoms with Crippen LogP contribution >= 0.6 is 23.2 Å². The Balaban J connectivity index is 2.53. The number of hydrogen-bond donors (Lipinski definition) is 0. The first kappa shape index (κ1) is 12.8. The van der Waals surface area contributed by atoms with Crippen LogP contribution in [0.3, 0.4) is 0 Å². The summed E-state index contributed by atoms with van der Waals surface area (Å²) < 4.78 is 0. The number of nitrogens with zero attached hydrogens (tertiary/aromatic N) is 1. The molecule has 0 aromatic heterocycles. The van der Waals surface area contributed by atoms with Crippen molar-refractivity contribution in [3.8, 4) is 0 Å². The molecule has 84 valence electrons. The second-order valence-electron chi connectivity index (χ2n) is 3.64. The predicted molar refractivity (Wildman–Crippen MR) is 67.9 cm³/mol. The molecule has 0 saturated heterocycles. The molecule has 0 unspecified atom stereocenters. The molecule has 0 aliphatic heterocycles. The second-order valence-corrected chi connectivity index (χ2v) is 4.40. The van der Waals surface area contributed by atoms with Crippen molar-refractivity contribution < 1.29 is 0 Å². The van der Waals surface area contributed by atoms with Crippen LogP contribution in [0.2, 0.25) is 0 Å². The van der Waals surface area contributed by atoms with Gasteiger partial charge in [-0.2, -0.15) is 0 Å². The van der Waals surface area contributed by atoms with Gasteiger partial charge in [-0.05, 0) is 12.5 Å². The maximum Gasteiger partial charge on any atom is 0.0351 e. The zero-order valence-corrected chi connectivity index (χ0v) is 10.6. The third kappa shape index (κ3) is 4.87. The van der Waals surface area contributed by atoms with Gasteiger partial charge in [0.05, 0.1) is 0 Å². The topological polar surface area (TPSA) is 3.24 Å². The largest absolute Gasteiger partial charge is 0.297 e. The van der Waals surface area contributed by atoms with Crippen LogP contribution in [-0.4, -0.2) is 29.7 Å². The van der Waals surface area contributed by atoms with Gasteiger partial charge in [-0.25, -0.2) is 0 Å². The molecule has 0 aliphatic carbocycles. The first-order valence-corrected chi connectivity index (χ1v) is 6.23. The van der Waals surface area contributed by atoms with Crippen molar-refractivity contribution in [2.45, 2.75) is 13.5 Å². The lowest BCUT2D eigenvalue weighted by atomic mass is 10.1. The van der Waals surface area contributed by atoms with E-state index in [9.17, 15) is 0 Å². The van der Waals surface area contributed by atoms with Gasteiger partial charge in [-0.1, -0.05) is 29.8 Å². The molecule has 0 bridgehead atoms. The van der Waals surface area contributed by atoms with Gasteiger partial charge in [0.2, 0.25) is 0 Å². The van der Waals surface area contributed by atoms with Crippen LogP contribution in [0, 0.1) is 6.92 Å². The minimum Gasteiger partial charge on any atom is -0.297 e. The first-order valence-electron chi connectivity index (χ1n) is 5.16. The van der Waals surface area contributed by atoms with Gasteiger partial charge < -0.3 is 0 Å². The fraction of sp³-hybridized carbons (Fsp3) is 0.500. The fourth-order valence-electron chi connectivity index (χ4n) is 1.46. The van der Waals surface area contributed by atoms with E-state index in [4.69, 9.17) is 23.2 Å². The molecule has 0 amide bonds. The van der Waals surface area contributed by atoms with Crippen LogP contribution in [0.25, 0.3) is 0 Å². The molecule has 0 atom stereocenters. The third-order valence-corrected chi connectivity index (χ3v) is 2.67. The number of halogens is 2. The first-order chi connectivity index (χ1) is 7.26. The quantitative estimate of drug-likeness (QED) is 0.696. The van der Waals surface area contributed by atoms with Crippen LogP contribution in [0.5, 0.6) is 0 Å². The molecule has 1 aromatic carbocycles. The summed E-state index contributed by atoms with van der Waals surface area (Å²) in [4.78, 5) is 2.27. The molecular formula is C12H17Cl2N. The summed E-state index contributed by atoms with van der Waals surface area (Å²) in [6, 6.07) is 8.58. The summed E-state index contributed by atoms with van der Waals surface area (Å²) in [6.45, 7) is 4.81. The summed E-state index contributed by atoms with van der Waals surface area (Å²) in [5, 5.41) is 0. The third-order valence-electron chi connectivity index (χ3n) is 2.33. The zero-order chi connectivity index (χ0) is 11.1. The van der Waals surface area contributed by atoms with Gasteiger partial charge in [-0.3, -0.25) is 4.90 Å². The molecular weight excluding hydrogens is 229 g/mol. The van der Waals surface area contributed by atoms with Crippen molar-refractivity contribution >= 4 is 23.2 Å². The van der Waals surface area contributed by atoms with Crippen molar-refractivity contribution in [2.75, 3.05) is 24.8 Å². The molecule has 0 saturated carbocycles. The van der Waals surface area contributed by atoms with Crippen LogP contribution in [0.1, 0.15) is 11.1 Å². The highest BCUT2D eigenvalue weighted by Gasteiger charge is 2.04. The lowest BCUT2D eigenvalue weighted by Gasteiger charge is -2.19. The van der Waals surface area contributed by atoms with E-state index in [-0.39, 0.29) is 0 Å². The summed E-state index contributed by atoms with van der Waals surface area (Å²) in [5.74, 6) is 1.31. The Hall–Kier alpha value is -0.240. The number of hydrogen-bond acceptors (Lipinski definition) is 1. The molecule has 0 fully saturated rings. The molecule has 3 heteroatoms. The minimum absolute atomic E-state index is 0.656. The molecule has 0 heterocycles. The average Bonchev–Trinajstić information content (AvgIpc) is 2.22. The minimum atomic E-state index is 0.656. The number of alkyl halides is 2. The van der Waals surface area contributed by atoms with E-state index < -0.39 is 0 Å². The Bertz CT molecular complexity index is 265. The maximum atomic E-state index is 5.74. The van der Waals surface area contributed by atoms with Gasteiger partial charge in [0.15, 0.2) is 0 Å². The van der Waals surface area contributed by atoms with Crippen molar-refractivity contribution in [3.05, 3.63) is 35.4 Å². The monoisotopic (exact) mass is 245 g/mol. The Labute approximate surface area is 102 Å². The van der Waals surface area contributed by atoms with Gasteiger partial charge in [0.25, 0.3) is 0 Å². The summed E-state index contributed by atoms with van der Waals surface area (Å²) in [5.41, 5.74) is 2.61. The SMILES string of the molecule is Cc1ccc(CN(CCCl)CCCl)cc1. The Morgan fingerprint density at radius 2 is 1.53 bits per heavy atom. The van der Waals surface area contributed by atoms with Gasteiger partial charge >= 0.3 is 0 Å². The van der Waals surface area contributed by atoms with Crippen LogP contribution < -0.4 is 0 Å². The fourth-order valence-corrected chi connectivity index (χ4v) is 1.94. The van der Waals surface area contributed by atoms with E-state index in [0.29, 0.717) is 11.8 Å². The van der Waals surface area contributed by atoms with E-state index in [2.05, 4.69) is 36.1 Å². The van der Waals surface area contributed by atoms with Crippen molar-refractivity contribution in [2.24, 2.45) is 0 Å². The number of benzene rings is 1. The summed E-state index contributed by atoms with van der Waals surface area (Å²) in [7, 11) is 0. The summed E-state index contributed by atoms with van der Waals surface area (Å²) >= 11 is 11.5. The van der Waals surface area contributed by atoms with E-state index >= 15 is 0 Å². The van der Waals surface area contributed by atoms with Gasteiger partial charge in [0.1, 0.15) is 0 Å². The Kier molecular flexibility index (Phi) is 6.07. The normalized spacial score (nSPS) is 10.9. The van der Waals surface area contributed by atoms with E-state index in [0.717, 1.165) is 19.6 Å². The van der Waals surface area contributed by atoms with E-state index in [1.165, 1.54) is 11.1 Å². The van der Waals surface area contributed by atoms with E-state index in [1.54, 1.807) is 0 Å².